The average Bonchev–Trinajstić information content (AvgIpc) is 2.99. The van der Waals surface area contributed by atoms with Gasteiger partial charge in [-0.1, -0.05) is 46.5 Å². The lowest BCUT2D eigenvalue weighted by Gasteiger charge is -2.46. The molecule has 3 atom stereocenters. The Morgan fingerprint density at radius 2 is 1.81 bits per heavy atom. The summed E-state index contributed by atoms with van der Waals surface area (Å²) >= 11 is 0. The Bertz CT molecular complexity index is 283. The van der Waals surface area contributed by atoms with Crippen LogP contribution in [0.1, 0.15) is 78.6 Å². The van der Waals surface area contributed by atoms with Crippen LogP contribution in [-0.4, -0.2) is 36.6 Å². The first-order valence-corrected chi connectivity index (χ1v) is 9.58. The first-order valence-electron chi connectivity index (χ1n) is 9.58. The zero-order valence-electron chi connectivity index (χ0n) is 14.9. The van der Waals surface area contributed by atoms with Crippen LogP contribution in [-0.2, 0) is 0 Å². The molecule has 0 spiro atoms. The van der Waals surface area contributed by atoms with Crippen molar-refractivity contribution in [3.8, 4) is 0 Å². The van der Waals surface area contributed by atoms with E-state index in [-0.39, 0.29) is 0 Å². The average molecular weight is 295 g/mol. The van der Waals surface area contributed by atoms with Gasteiger partial charge in [0.05, 0.1) is 0 Å². The van der Waals surface area contributed by atoms with Crippen molar-refractivity contribution in [2.75, 3.05) is 13.6 Å². The van der Waals surface area contributed by atoms with Crippen LogP contribution in [0.15, 0.2) is 0 Å². The fourth-order valence-electron chi connectivity index (χ4n) is 4.82. The van der Waals surface area contributed by atoms with Crippen LogP contribution < -0.4 is 5.32 Å². The topological polar surface area (TPSA) is 15.3 Å². The molecule has 0 aromatic rings. The Morgan fingerprint density at radius 1 is 1.10 bits per heavy atom. The summed E-state index contributed by atoms with van der Waals surface area (Å²) in [5, 5.41) is 3.65. The van der Waals surface area contributed by atoms with Crippen molar-refractivity contribution >= 4 is 0 Å². The van der Waals surface area contributed by atoms with Crippen LogP contribution in [0.4, 0.5) is 0 Å². The highest BCUT2D eigenvalue weighted by atomic mass is 15.2. The van der Waals surface area contributed by atoms with Crippen molar-refractivity contribution < 1.29 is 0 Å². The van der Waals surface area contributed by atoms with Crippen LogP contribution in [0.25, 0.3) is 0 Å². The fourth-order valence-corrected chi connectivity index (χ4v) is 4.82. The third kappa shape index (κ3) is 4.69. The fraction of sp³-hybridized carbons (Fsp3) is 1.00. The summed E-state index contributed by atoms with van der Waals surface area (Å²) in [6.07, 6.45) is 12.8. The second-order valence-electron chi connectivity index (χ2n) is 7.96. The van der Waals surface area contributed by atoms with Crippen molar-refractivity contribution in [2.45, 2.75) is 96.7 Å². The van der Waals surface area contributed by atoms with Crippen molar-refractivity contribution in [1.82, 2.24) is 10.2 Å². The molecular weight excluding hydrogens is 256 g/mol. The van der Waals surface area contributed by atoms with Crippen LogP contribution >= 0.6 is 0 Å². The van der Waals surface area contributed by atoms with E-state index >= 15 is 0 Å². The van der Waals surface area contributed by atoms with Gasteiger partial charge >= 0.3 is 0 Å². The van der Waals surface area contributed by atoms with E-state index < -0.39 is 0 Å². The number of hydrogen-bond acceptors (Lipinski definition) is 2. The van der Waals surface area contributed by atoms with E-state index in [1.807, 2.05) is 0 Å². The molecule has 0 saturated heterocycles. The van der Waals surface area contributed by atoms with Gasteiger partial charge in [-0.15, -0.1) is 0 Å². The molecule has 2 saturated carbocycles. The molecular formula is C19H38N2. The van der Waals surface area contributed by atoms with Crippen molar-refractivity contribution in [3.63, 3.8) is 0 Å². The van der Waals surface area contributed by atoms with Crippen molar-refractivity contribution in [3.05, 3.63) is 0 Å². The molecule has 2 fully saturated rings. The summed E-state index contributed by atoms with van der Waals surface area (Å²) in [4.78, 5) is 2.93. The lowest BCUT2D eigenvalue weighted by molar-refractivity contribution is 0.0516. The van der Waals surface area contributed by atoms with Gasteiger partial charge in [0.2, 0.25) is 0 Å². The van der Waals surface area contributed by atoms with Gasteiger partial charge in [0.25, 0.3) is 0 Å². The normalized spacial score (nSPS) is 31.4. The summed E-state index contributed by atoms with van der Waals surface area (Å²) in [6, 6.07) is 2.37. The molecule has 21 heavy (non-hydrogen) atoms. The first-order chi connectivity index (χ1) is 10.2. The van der Waals surface area contributed by atoms with Gasteiger partial charge in [0.1, 0.15) is 0 Å². The number of likely N-dealkylation sites (N-methyl/N-ethyl adjacent to an activating group) is 1. The maximum atomic E-state index is 3.65. The molecule has 2 rings (SSSR count). The number of hydrogen-bond donors (Lipinski definition) is 1. The highest BCUT2D eigenvalue weighted by molar-refractivity contribution is 4.94. The molecule has 2 aliphatic carbocycles. The molecule has 1 N–H and O–H groups in total. The molecule has 0 heterocycles. The smallest absolute Gasteiger partial charge is 0.0254 e. The number of rotatable bonds is 7. The predicted octanol–water partition coefficient (Wildman–Crippen LogP) is 4.44. The minimum Gasteiger partial charge on any atom is -0.315 e. The summed E-state index contributed by atoms with van der Waals surface area (Å²) in [5.41, 5.74) is 0. The Labute approximate surface area is 133 Å². The molecule has 0 aromatic carbocycles. The van der Waals surface area contributed by atoms with Crippen LogP contribution in [0.3, 0.4) is 0 Å². The molecule has 2 heteroatoms. The van der Waals surface area contributed by atoms with Crippen molar-refractivity contribution in [1.29, 1.82) is 0 Å². The molecule has 2 aliphatic rings. The Hall–Kier alpha value is -0.0800. The largest absolute Gasteiger partial charge is 0.315 e. The zero-order valence-corrected chi connectivity index (χ0v) is 14.9. The monoisotopic (exact) mass is 294 g/mol. The highest BCUT2D eigenvalue weighted by Gasteiger charge is 2.37. The quantitative estimate of drug-likeness (QED) is 0.746. The van der Waals surface area contributed by atoms with Gasteiger partial charge < -0.3 is 5.32 Å². The van der Waals surface area contributed by atoms with E-state index in [1.54, 1.807) is 0 Å². The maximum Gasteiger partial charge on any atom is 0.0254 e. The molecule has 0 aromatic heterocycles. The van der Waals surface area contributed by atoms with E-state index in [4.69, 9.17) is 0 Å². The molecule has 0 bridgehead atoms. The van der Waals surface area contributed by atoms with E-state index in [0.29, 0.717) is 0 Å². The molecule has 124 valence electrons. The van der Waals surface area contributed by atoms with Gasteiger partial charge in [-0.25, -0.2) is 0 Å². The molecule has 2 nitrogen and oxygen atoms in total. The number of nitrogens with one attached hydrogen (secondary N) is 1. The van der Waals surface area contributed by atoms with Gasteiger partial charge in [-0.2, -0.15) is 0 Å². The maximum absolute atomic E-state index is 3.65. The van der Waals surface area contributed by atoms with Crippen LogP contribution in [0.5, 0.6) is 0 Å². The molecule has 0 radical (unpaired) electrons. The predicted molar refractivity (Wildman–Crippen MR) is 92.7 cm³/mol. The first kappa shape index (κ1) is 17.3. The summed E-state index contributed by atoms with van der Waals surface area (Å²) < 4.78 is 0. The van der Waals surface area contributed by atoms with Gasteiger partial charge in [-0.3, -0.25) is 4.90 Å². The summed E-state index contributed by atoms with van der Waals surface area (Å²) in [5.74, 6) is 1.76. The van der Waals surface area contributed by atoms with Gasteiger partial charge in [0, 0.05) is 24.7 Å². The van der Waals surface area contributed by atoms with E-state index in [1.165, 1.54) is 64.3 Å². The second kappa shape index (κ2) is 8.53. The van der Waals surface area contributed by atoms with E-state index in [9.17, 15) is 0 Å². The second-order valence-corrected chi connectivity index (χ2v) is 7.96. The lowest BCUT2D eigenvalue weighted by Crippen LogP contribution is -2.56. The van der Waals surface area contributed by atoms with Gasteiger partial charge in [0.15, 0.2) is 0 Å². The SMILES string of the molecule is CCCC1CCC(NC)C(N(CC(C)C)C2CCCC2)C1. The Morgan fingerprint density at radius 3 is 2.38 bits per heavy atom. The molecule has 0 aliphatic heterocycles. The van der Waals surface area contributed by atoms with Crippen LogP contribution in [0, 0.1) is 11.8 Å². The Balaban J connectivity index is 2.08. The third-order valence-electron chi connectivity index (χ3n) is 5.79. The summed E-state index contributed by atoms with van der Waals surface area (Å²) in [7, 11) is 2.18. The van der Waals surface area contributed by atoms with E-state index in [0.717, 1.165) is 30.0 Å². The van der Waals surface area contributed by atoms with Crippen molar-refractivity contribution in [2.24, 2.45) is 11.8 Å². The molecule has 3 unspecified atom stereocenters. The number of nitrogens with zero attached hydrogens (tertiary/aromatic N) is 1. The lowest BCUT2D eigenvalue weighted by atomic mass is 9.78. The van der Waals surface area contributed by atoms with Crippen LogP contribution in [0.2, 0.25) is 0 Å². The van der Waals surface area contributed by atoms with E-state index in [2.05, 4.69) is 38.0 Å². The zero-order chi connectivity index (χ0) is 15.2. The standard InChI is InChI=1S/C19H38N2/c1-5-8-16-11-12-18(20-4)19(13-16)21(14-15(2)3)17-9-6-7-10-17/h15-20H,5-14H2,1-4H3. The Kier molecular flexibility index (Phi) is 7.01. The molecule has 0 amide bonds. The highest BCUT2D eigenvalue weighted by Crippen LogP contribution is 2.35. The van der Waals surface area contributed by atoms with Gasteiger partial charge in [-0.05, 0) is 51.0 Å². The third-order valence-corrected chi connectivity index (χ3v) is 5.79. The minimum absolute atomic E-state index is 0.720. The summed E-state index contributed by atoms with van der Waals surface area (Å²) in [6.45, 7) is 8.43. The minimum atomic E-state index is 0.720.